The molecule has 3 nitrogen and oxygen atoms in total. The smallest absolute Gasteiger partial charge is 0.161 e. The molecule has 0 spiro atoms. The third kappa shape index (κ3) is 3.94. The Morgan fingerprint density at radius 2 is 1.94 bits per heavy atom. The molecule has 0 aliphatic heterocycles. The van der Waals surface area contributed by atoms with Crippen molar-refractivity contribution in [3.05, 3.63) is 23.8 Å². The Balaban J connectivity index is 2.60. The van der Waals surface area contributed by atoms with Crippen molar-refractivity contribution in [2.24, 2.45) is 5.73 Å². The summed E-state index contributed by atoms with van der Waals surface area (Å²) < 4.78 is 10.4. The fourth-order valence-corrected chi connectivity index (χ4v) is 2.24. The lowest BCUT2D eigenvalue weighted by Crippen LogP contribution is -2.17. The number of methoxy groups -OCH3 is 2. The summed E-state index contributed by atoms with van der Waals surface area (Å²) in [5.74, 6) is 3.46. The van der Waals surface area contributed by atoms with Crippen LogP contribution in [0.1, 0.15) is 12.5 Å². The molecular formula is C12H19NO2S. The summed E-state index contributed by atoms with van der Waals surface area (Å²) in [5.41, 5.74) is 6.92. The van der Waals surface area contributed by atoms with Gasteiger partial charge in [-0.05, 0) is 24.6 Å². The molecule has 1 unspecified atom stereocenters. The van der Waals surface area contributed by atoms with Crippen LogP contribution >= 0.6 is 11.8 Å². The molecule has 0 aromatic heterocycles. The molecule has 16 heavy (non-hydrogen) atoms. The van der Waals surface area contributed by atoms with Crippen molar-refractivity contribution in [1.29, 1.82) is 0 Å². The molecule has 0 bridgehead atoms. The van der Waals surface area contributed by atoms with Crippen LogP contribution in [0, 0.1) is 0 Å². The van der Waals surface area contributed by atoms with E-state index in [2.05, 4.69) is 6.07 Å². The Hall–Kier alpha value is -0.870. The average molecular weight is 241 g/mol. The lowest BCUT2D eigenvalue weighted by atomic mass is 10.2. The van der Waals surface area contributed by atoms with Gasteiger partial charge in [0.15, 0.2) is 11.5 Å². The molecule has 0 saturated carbocycles. The lowest BCUT2D eigenvalue weighted by Gasteiger charge is -2.10. The van der Waals surface area contributed by atoms with E-state index in [1.807, 2.05) is 30.8 Å². The van der Waals surface area contributed by atoms with E-state index in [4.69, 9.17) is 15.2 Å². The Kier molecular flexibility index (Phi) is 5.49. The molecule has 1 rings (SSSR count). The van der Waals surface area contributed by atoms with E-state index >= 15 is 0 Å². The van der Waals surface area contributed by atoms with E-state index in [1.54, 1.807) is 14.2 Å². The van der Waals surface area contributed by atoms with Crippen molar-refractivity contribution in [3.8, 4) is 11.5 Å². The van der Waals surface area contributed by atoms with Gasteiger partial charge in [0.1, 0.15) is 0 Å². The van der Waals surface area contributed by atoms with Crippen molar-refractivity contribution in [1.82, 2.24) is 0 Å². The summed E-state index contributed by atoms with van der Waals surface area (Å²) in [6.07, 6.45) is 0. The van der Waals surface area contributed by atoms with Crippen LogP contribution in [0.5, 0.6) is 11.5 Å². The maximum Gasteiger partial charge on any atom is 0.161 e. The van der Waals surface area contributed by atoms with Crippen molar-refractivity contribution in [2.75, 3.05) is 20.0 Å². The van der Waals surface area contributed by atoms with Gasteiger partial charge in [-0.25, -0.2) is 0 Å². The Morgan fingerprint density at radius 1 is 1.25 bits per heavy atom. The standard InChI is InChI=1S/C12H19NO2S/c1-9(13)7-16-8-10-4-5-11(14-2)12(6-10)15-3/h4-6,9H,7-8,13H2,1-3H3. The minimum atomic E-state index is 0.241. The lowest BCUT2D eigenvalue weighted by molar-refractivity contribution is 0.354. The molecule has 1 aromatic carbocycles. The number of ether oxygens (including phenoxy) is 2. The van der Waals surface area contributed by atoms with Gasteiger partial charge in [-0.2, -0.15) is 11.8 Å². The highest BCUT2D eigenvalue weighted by atomic mass is 32.2. The molecule has 4 heteroatoms. The highest BCUT2D eigenvalue weighted by Gasteiger charge is 2.04. The fraction of sp³-hybridized carbons (Fsp3) is 0.500. The molecule has 0 aliphatic carbocycles. The van der Waals surface area contributed by atoms with Crippen LogP contribution in [0.4, 0.5) is 0 Å². The fourth-order valence-electron chi connectivity index (χ4n) is 1.33. The summed E-state index contributed by atoms with van der Waals surface area (Å²) in [5, 5.41) is 0. The first-order chi connectivity index (χ1) is 7.67. The first-order valence-corrected chi connectivity index (χ1v) is 6.37. The molecule has 0 radical (unpaired) electrons. The van der Waals surface area contributed by atoms with Gasteiger partial charge in [0, 0.05) is 17.5 Å². The van der Waals surface area contributed by atoms with Crippen molar-refractivity contribution in [2.45, 2.75) is 18.7 Å². The summed E-state index contributed by atoms with van der Waals surface area (Å²) >= 11 is 1.83. The highest BCUT2D eigenvalue weighted by molar-refractivity contribution is 7.98. The zero-order valence-corrected chi connectivity index (χ0v) is 10.8. The van der Waals surface area contributed by atoms with E-state index < -0.39 is 0 Å². The van der Waals surface area contributed by atoms with E-state index in [0.29, 0.717) is 0 Å². The Labute approximate surface area is 101 Å². The van der Waals surface area contributed by atoms with E-state index in [1.165, 1.54) is 5.56 Å². The minimum Gasteiger partial charge on any atom is -0.493 e. The quantitative estimate of drug-likeness (QED) is 0.830. The number of benzene rings is 1. The highest BCUT2D eigenvalue weighted by Crippen LogP contribution is 2.28. The summed E-state index contributed by atoms with van der Waals surface area (Å²) in [4.78, 5) is 0. The van der Waals surface area contributed by atoms with Gasteiger partial charge in [-0.15, -0.1) is 0 Å². The molecule has 90 valence electrons. The van der Waals surface area contributed by atoms with Gasteiger partial charge >= 0.3 is 0 Å². The first-order valence-electron chi connectivity index (χ1n) is 5.21. The molecule has 2 N–H and O–H groups in total. The maximum absolute atomic E-state index is 5.69. The number of thioether (sulfide) groups is 1. The Bertz CT molecular complexity index is 329. The van der Waals surface area contributed by atoms with E-state index in [0.717, 1.165) is 23.0 Å². The number of hydrogen-bond donors (Lipinski definition) is 1. The maximum atomic E-state index is 5.69. The predicted molar refractivity (Wildman–Crippen MR) is 69.4 cm³/mol. The largest absolute Gasteiger partial charge is 0.493 e. The van der Waals surface area contributed by atoms with Gasteiger partial charge < -0.3 is 15.2 Å². The molecule has 0 fully saturated rings. The number of rotatable bonds is 6. The SMILES string of the molecule is COc1ccc(CSCC(C)N)cc1OC. The third-order valence-corrected chi connectivity index (χ3v) is 3.40. The average Bonchev–Trinajstić information content (AvgIpc) is 2.28. The number of hydrogen-bond acceptors (Lipinski definition) is 4. The topological polar surface area (TPSA) is 44.5 Å². The molecule has 1 atom stereocenters. The molecule has 0 heterocycles. The number of nitrogens with two attached hydrogens (primary N) is 1. The molecule has 0 saturated heterocycles. The summed E-state index contributed by atoms with van der Waals surface area (Å²) in [6.45, 7) is 2.02. The third-order valence-electron chi connectivity index (χ3n) is 2.10. The van der Waals surface area contributed by atoms with Gasteiger partial charge in [-0.3, -0.25) is 0 Å². The van der Waals surface area contributed by atoms with Crippen molar-refractivity contribution < 1.29 is 9.47 Å². The Morgan fingerprint density at radius 3 is 2.50 bits per heavy atom. The van der Waals surface area contributed by atoms with E-state index in [-0.39, 0.29) is 6.04 Å². The predicted octanol–water partition coefficient (Wildman–Crippen LogP) is 2.28. The monoisotopic (exact) mass is 241 g/mol. The minimum absolute atomic E-state index is 0.241. The van der Waals surface area contributed by atoms with Crippen LogP contribution in [-0.4, -0.2) is 26.0 Å². The molecular weight excluding hydrogens is 222 g/mol. The van der Waals surface area contributed by atoms with Crippen molar-refractivity contribution in [3.63, 3.8) is 0 Å². The van der Waals surface area contributed by atoms with Crippen LogP contribution in [0.3, 0.4) is 0 Å². The zero-order chi connectivity index (χ0) is 12.0. The second kappa shape index (κ2) is 6.66. The van der Waals surface area contributed by atoms with Crippen LogP contribution < -0.4 is 15.2 Å². The first kappa shape index (κ1) is 13.2. The van der Waals surface area contributed by atoms with Gasteiger partial charge in [0.25, 0.3) is 0 Å². The van der Waals surface area contributed by atoms with Crippen LogP contribution in [0.25, 0.3) is 0 Å². The van der Waals surface area contributed by atoms with Crippen LogP contribution in [-0.2, 0) is 5.75 Å². The molecule has 0 aliphatic rings. The van der Waals surface area contributed by atoms with Gasteiger partial charge in [0.05, 0.1) is 14.2 Å². The van der Waals surface area contributed by atoms with Gasteiger partial charge in [0.2, 0.25) is 0 Å². The molecule has 0 amide bonds. The zero-order valence-electron chi connectivity index (χ0n) is 10.0. The molecule has 1 aromatic rings. The van der Waals surface area contributed by atoms with Crippen molar-refractivity contribution >= 4 is 11.8 Å². The second-order valence-corrected chi connectivity index (χ2v) is 4.71. The summed E-state index contributed by atoms with van der Waals surface area (Å²) in [7, 11) is 3.29. The second-order valence-electron chi connectivity index (χ2n) is 3.68. The van der Waals surface area contributed by atoms with E-state index in [9.17, 15) is 0 Å². The van der Waals surface area contributed by atoms with Crippen LogP contribution in [0.15, 0.2) is 18.2 Å². The summed E-state index contributed by atoms with van der Waals surface area (Å²) in [6, 6.07) is 6.23. The normalized spacial score (nSPS) is 12.2. The van der Waals surface area contributed by atoms with Crippen LogP contribution in [0.2, 0.25) is 0 Å². The van der Waals surface area contributed by atoms with Gasteiger partial charge in [-0.1, -0.05) is 6.07 Å².